The first kappa shape index (κ1) is 7.69. The second kappa shape index (κ2) is 4.84. The van der Waals surface area contributed by atoms with Gasteiger partial charge < -0.3 is 0 Å². The average molecular weight is 181 g/mol. The second-order valence-corrected chi connectivity index (χ2v) is 3.46. The number of hydrogen-bond acceptors (Lipinski definition) is 0. The topological polar surface area (TPSA) is 0 Å². The molecule has 1 atom stereocenters. The summed E-state index contributed by atoms with van der Waals surface area (Å²) >= 11 is 2.24. The van der Waals surface area contributed by atoms with Crippen molar-refractivity contribution in [2.24, 2.45) is 0 Å². The quantitative estimate of drug-likeness (QED) is 0.587. The Morgan fingerprint density at radius 1 is 1.43 bits per heavy atom. The van der Waals surface area contributed by atoms with Gasteiger partial charge in [0.1, 0.15) is 0 Å². The van der Waals surface area contributed by atoms with Gasteiger partial charge in [-0.2, -0.15) is 0 Å². The van der Waals surface area contributed by atoms with E-state index in [0.717, 1.165) is 4.31 Å². The Kier molecular flexibility index (Phi) is 5.31. The molecule has 7 heavy (non-hydrogen) atoms. The molecule has 0 aliphatic carbocycles. The molecule has 0 spiro atoms. The molecule has 0 aromatic heterocycles. The third kappa shape index (κ3) is 4.54. The fourth-order valence-corrected chi connectivity index (χ4v) is 1.11. The maximum absolute atomic E-state index is 2.25. The summed E-state index contributed by atoms with van der Waals surface area (Å²) in [6.45, 7) is 4.50. The van der Waals surface area contributed by atoms with Gasteiger partial charge in [-0.1, -0.05) is 0 Å². The zero-order chi connectivity index (χ0) is 5.70. The van der Waals surface area contributed by atoms with Crippen molar-refractivity contribution >= 4 is 0 Å². The van der Waals surface area contributed by atoms with Crippen molar-refractivity contribution < 1.29 is 19.8 Å². The standard InChI is InChI=1S/C6H13.Mo/c1-3-5-6-4-2;/h5H,3-4,6H2,1-2H3;. The van der Waals surface area contributed by atoms with Crippen molar-refractivity contribution in [1.82, 2.24) is 0 Å². The summed E-state index contributed by atoms with van der Waals surface area (Å²) in [5, 5.41) is 0. The van der Waals surface area contributed by atoms with Gasteiger partial charge in [-0.25, -0.2) is 0 Å². The molecule has 0 nitrogen and oxygen atoms in total. The van der Waals surface area contributed by atoms with Crippen LogP contribution in [0.3, 0.4) is 0 Å². The fourth-order valence-electron chi connectivity index (χ4n) is 0.526. The predicted molar refractivity (Wildman–Crippen MR) is 28.9 cm³/mol. The Balaban J connectivity index is 2.83. The molecular weight excluding hydrogens is 168 g/mol. The summed E-state index contributed by atoms with van der Waals surface area (Å²) < 4.78 is 0.959. The SMILES string of the molecule is CCC[CH]([Mo])CC. The molecule has 0 rings (SSSR count). The number of rotatable bonds is 3. The molecule has 1 heteroatoms. The van der Waals surface area contributed by atoms with Crippen molar-refractivity contribution in [3.8, 4) is 0 Å². The van der Waals surface area contributed by atoms with Crippen LogP contribution in [0.4, 0.5) is 0 Å². The summed E-state index contributed by atoms with van der Waals surface area (Å²) in [7, 11) is 0. The van der Waals surface area contributed by atoms with Crippen molar-refractivity contribution in [3.63, 3.8) is 0 Å². The molecule has 1 unspecified atom stereocenters. The van der Waals surface area contributed by atoms with E-state index in [1.165, 1.54) is 19.3 Å². The third-order valence-corrected chi connectivity index (χ3v) is 2.46. The van der Waals surface area contributed by atoms with Crippen LogP contribution >= 0.6 is 0 Å². The third-order valence-electron chi connectivity index (χ3n) is 1.07. The van der Waals surface area contributed by atoms with Crippen LogP contribution in [0.5, 0.6) is 0 Å². The molecule has 0 aliphatic rings. The zero-order valence-corrected chi connectivity index (χ0v) is 7.11. The summed E-state index contributed by atoms with van der Waals surface area (Å²) in [5.41, 5.74) is 0. The van der Waals surface area contributed by atoms with Gasteiger partial charge in [0.25, 0.3) is 0 Å². The Hall–Kier alpha value is 0.688. The van der Waals surface area contributed by atoms with Crippen LogP contribution in [0.2, 0.25) is 4.31 Å². The van der Waals surface area contributed by atoms with Crippen LogP contribution in [0.25, 0.3) is 0 Å². The first-order valence-corrected chi connectivity index (χ1v) is 4.13. The van der Waals surface area contributed by atoms with E-state index in [9.17, 15) is 0 Å². The van der Waals surface area contributed by atoms with Gasteiger partial charge in [0.05, 0.1) is 0 Å². The Morgan fingerprint density at radius 3 is 2.14 bits per heavy atom. The first-order chi connectivity index (χ1) is 3.31. The molecule has 0 heterocycles. The summed E-state index contributed by atoms with van der Waals surface area (Å²) in [6.07, 6.45) is 4.09. The molecule has 0 aliphatic heterocycles. The molecule has 0 aromatic rings. The Morgan fingerprint density at radius 2 is 2.00 bits per heavy atom. The van der Waals surface area contributed by atoms with Gasteiger partial charge in [0.15, 0.2) is 0 Å². The second-order valence-electron chi connectivity index (χ2n) is 1.82. The zero-order valence-electron chi connectivity index (χ0n) is 5.11. The maximum atomic E-state index is 2.25. The van der Waals surface area contributed by atoms with Gasteiger partial charge >= 0.3 is 57.2 Å². The minimum atomic E-state index is 0.959. The van der Waals surface area contributed by atoms with E-state index in [4.69, 9.17) is 0 Å². The normalized spacial score (nSPS) is 14.0. The van der Waals surface area contributed by atoms with Crippen LogP contribution in [-0.2, 0) is 19.8 Å². The van der Waals surface area contributed by atoms with Crippen LogP contribution in [0.15, 0.2) is 0 Å². The molecule has 0 saturated heterocycles. The van der Waals surface area contributed by atoms with Crippen LogP contribution < -0.4 is 0 Å². The van der Waals surface area contributed by atoms with Crippen molar-refractivity contribution in [2.45, 2.75) is 37.4 Å². The van der Waals surface area contributed by atoms with Crippen LogP contribution in [0.1, 0.15) is 33.1 Å². The molecule has 0 saturated carbocycles. The van der Waals surface area contributed by atoms with Crippen molar-refractivity contribution in [2.75, 3.05) is 0 Å². The van der Waals surface area contributed by atoms with Crippen LogP contribution in [-0.4, -0.2) is 0 Å². The van der Waals surface area contributed by atoms with Gasteiger partial charge in [-0.15, -0.1) is 0 Å². The van der Waals surface area contributed by atoms with E-state index in [-0.39, 0.29) is 0 Å². The first-order valence-electron chi connectivity index (χ1n) is 2.97. The number of hydrogen-bond donors (Lipinski definition) is 0. The molecule has 0 aromatic carbocycles. The average Bonchev–Trinajstić information content (AvgIpc) is 1.68. The molecule has 0 fully saturated rings. The molecule has 0 amide bonds. The van der Waals surface area contributed by atoms with E-state index >= 15 is 0 Å². The molecule has 0 N–H and O–H groups in total. The molecule has 0 bridgehead atoms. The molecule has 43 valence electrons. The van der Waals surface area contributed by atoms with Crippen molar-refractivity contribution in [3.05, 3.63) is 0 Å². The summed E-state index contributed by atoms with van der Waals surface area (Å²) in [6, 6.07) is 0. The van der Waals surface area contributed by atoms with Crippen molar-refractivity contribution in [1.29, 1.82) is 0 Å². The molecular formula is C6H13Mo. The van der Waals surface area contributed by atoms with Gasteiger partial charge in [-0.3, -0.25) is 0 Å². The van der Waals surface area contributed by atoms with Crippen LogP contribution in [0, 0.1) is 0 Å². The fraction of sp³-hybridized carbons (Fsp3) is 1.00. The summed E-state index contributed by atoms with van der Waals surface area (Å²) in [5.74, 6) is 0. The van der Waals surface area contributed by atoms with E-state index in [1.54, 1.807) is 0 Å². The van der Waals surface area contributed by atoms with Gasteiger partial charge in [-0.05, 0) is 0 Å². The monoisotopic (exact) mass is 183 g/mol. The Bertz CT molecular complexity index is 35.2. The minimum absolute atomic E-state index is 0.959. The van der Waals surface area contributed by atoms with E-state index in [0.29, 0.717) is 0 Å². The molecule has 0 radical (unpaired) electrons. The van der Waals surface area contributed by atoms with E-state index < -0.39 is 0 Å². The van der Waals surface area contributed by atoms with Gasteiger partial charge in [0.2, 0.25) is 0 Å². The van der Waals surface area contributed by atoms with E-state index in [1.807, 2.05) is 0 Å². The Labute approximate surface area is 57.6 Å². The van der Waals surface area contributed by atoms with Gasteiger partial charge in [0, 0.05) is 0 Å². The summed E-state index contributed by atoms with van der Waals surface area (Å²) in [4.78, 5) is 0. The van der Waals surface area contributed by atoms with E-state index in [2.05, 4.69) is 33.7 Å². The predicted octanol–water partition coefficient (Wildman–Crippen LogP) is 2.53.